The lowest BCUT2D eigenvalue weighted by molar-refractivity contribution is -0.890. The number of hydrogen-bond acceptors (Lipinski definition) is 5. The van der Waals surface area contributed by atoms with Gasteiger partial charge in [-0.1, -0.05) is 6.58 Å². The van der Waals surface area contributed by atoms with Crippen LogP contribution in [0.1, 0.15) is 20.3 Å². The second-order valence-corrected chi connectivity index (χ2v) is 7.03. The Morgan fingerprint density at radius 2 is 2.05 bits per heavy atom. The van der Waals surface area contributed by atoms with Crippen LogP contribution < -0.4 is 10.2 Å². The normalized spacial score (nSPS) is 14.8. The summed E-state index contributed by atoms with van der Waals surface area (Å²) in [6.07, 6.45) is 1.59. The molecule has 1 unspecified atom stereocenters. The summed E-state index contributed by atoms with van der Waals surface area (Å²) in [5.41, 5.74) is 0. The smallest absolute Gasteiger partial charge is 0.268 e. The molecule has 1 atom stereocenters. The maximum Gasteiger partial charge on any atom is 0.268 e. The molecule has 7 nitrogen and oxygen atoms in total. The van der Waals surface area contributed by atoms with E-state index in [4.69, 9.17) is 9.05 Å². The van der Waals surface area contributed by atoms with Gasteiger partial charge in [0.05, 0.1) is 26.7 Å². The summed E-state index contributed by atoms with van der Waals surface area (Å²) in [6, 6.07) is 0. The highest BCUT2D eigenvalue weighted by molar-refractivity contribution is 7.45. The Bertz CT molecular complexity index is 385. The molecule has 0 aromatic carbocycles. The van der Waals surface area contributed by atoms with Crippen LogP contribution in [0, 0.1) is 0 Å². The minimum Gasteiger partial charge on any atom is -0.756 e. The molecule has 0 aliphatic rings. The van der Waals surface area contributed by atoms with Gasteiger partial charge in [0.25, 0.3) is 7.82 Å². The van der Waals surface area contributed by atoms with E-state index in [1.807, 2.05) is 14.1 Å². The van der Waals surface area contributed by atoms with Crippen LogP contribution in [0.5, 0.6) is 0 Å². The van der Waals surface area contributed by atoms with Crippen LogP contribution in [0.2, 0.25) is 0 Å². The zero-order valence-electron chi connectivity index (χ0n) is 13.3. The zero-order valence-corrected chi connectivity index (χ0v) is 14.2. The summed E-state index contributed by atoms with van der Waals surface area (Å²) in [5, 5.41) is 2.69. The van der Waals surface area contributed by atoms with E-state index in [2.05, 4.69) is 11.9 Å². The van der Waals surface area contributed by atoms with E-state index in [0.29, 0.717) is 17.6 Å². The van der Waals surface area contributed by atoms with Crippen LogP contribution in [-0.2, 0) is 18.4 Å². The van der Waals surface area contributed by atoms with Crippen LogP contribution in [-0.4, -0.2) is 56.8 Å². The molecule has 0 aromatic rings. The SMILES string of the molecule is C=CC(=O)NCCC[N+](C)(C)CCOP(=O)([O-])OC(C)C. The second-order valence-electron chi connectivity index (χ2n) is 5.67. The van der Waals surface area contributed by atoms with Gasteiger partial charge in [-0.05, 0) is 19.9 Å². The first kappa shape index (κ1) is 20.3. The quantitative estimate of drug-likeness (QED) is 0.261. The fourth-order valence-corrected chi connectivity index (χ4v) is 2.47. The average Bonchev–Trinajstić information content (AvgIpc) is 2.32. The number of quaternary nitrogens is 1. The summed E-state index contributed by atoms with van der Waals surface area (Å²) in [7, 11) is -0.272. The third kappa shape index (κ3) is 11.6. The monoisotopic (exact) mass is 322 g/mol. The van der Waals surface area contributed by atoms with Crippen molar-refractivity contribution in [3.8, 4) is 0 Å². The second kappa shape index (κ2) is 9.33. The topological polar surface area (TPSA) is 87.7 Å². The van der Waals surface area contributed by atoms with Crippen molar-refractivity contribution in [2.45, 2.75) is 26.4 Å². The standard InChI is InChI=1S/C13H27N2O5P/c1-6-13(16)14-8-7-9-15(4,5)10-11-19-21(17,18)20-12(2)3/h6,12H,1,7-11H2,2-5H3,(H-,14,16,17,18). The Kier molecular flexibility index (Phi) is 9.01. The number of rotatable bonds is 11. The molecule has 1 amide bonds. The van der Waals surface area contributed by atoms with Gasteiger partial charge in [0.15, 0.2) is 0 Å². The lowest BCUT2D eigenvalue weighted by atomic mass is 10.3. The predicted octanol–water partition coefficient (Wildman–Crippen LogP) is 0.665. The molecule has 0 bridgehead atoms. The number of carbonyl (C=O) groups excluding carboxylic acids is 1. The maximum absolute atomic E-state index is 11.4. The number of phosphoric acid groups is 1. The Labute approximate surface area is 127 Å². The first-order chi connectivity index (χ1) is 9.58. The van der Waals surface area contributed by atoms with Crippen molar-refractivity contribution in [2.24, 2.45) is 0 Å². The fourth-order valence-electron chi connectivity index (χ4n) is 1.59. The van der Waals surface area contributed by atoms with Gasteiger partial charge in [0.1, 0.15) is 13.2 Å². The van der Waals surface area contributed by atoms with Crippen molar-refractivity contribution in [1.29, 1.82) is 0 Å². The number of phosphoric ester groups is 1. The summed E-state index contributed by atoms with van der Waals surface area (Å²) < 4.78 is 21.5. The molecular formula is C13H27N2O5P. The van der Waals surface area contributed by atoms with E-state index in [1.54, 1.807) is 13.8 Å². The van der Waals surface area contributed by atoms with E-state index in [9.17, 15) is 14.3 Å². The highest BCUT2D eigenvalue weighted by Gasteiger charge is 2.17. The highest BCUT2D eigenvalue weighted by atomic mass is 31.2. The molecule has 0 spiro atoms. The van der Waals surface area contributed by atoms with Gasteiger partial charge in [-0.15, -0.1) is 0 Å². The van der Waals surface area contributed by atoms with Gasteiger partial charge in [0, 0.05) is 13.0 Å². The van der Waals surface area contributed by atoms with Gasteiger partial charge in [0.2, 0.25) is 5.91 Å². The van der Waals surface area contributed by atoms with E-state index >= 15 is 0 Å². The Balaban J connectivity index is 3.94. The van der Waals surface area contributed by atoms with Crippen molar-refractivity contribution in [2.75, 3.05) is 40.3 Å². The molecular weight excluding hydrogens is 295 g/mol. The van der Waals surface area contributed by atoms with Crippen molar-refractivity contribution < 1.29 is 27.8 Å². The molecule has 8 heteroatoms. The first-order valence-electron chi connectivity index (χ1n) is 6.94. The molecule has 0 saturated carbocycles. The summed E-state index contributed by atoms with van der Waals surface area (Å²) in [5.74, 6) is -0.193. The Hall–Kier alpha value is -0.720. The predicted molar refractivity (Wildman–Crippen MR) is 79.4 cm³/mol. The lowest BCUT2D eigenvalue weighted by Crippen LogP contribution is -2.44. The number of nitrogens with one attached hydrogen (secondary N) is 1. The third-order valence-corrected chi connectivity index (χ3v) is 3.89. The molecule has 1 N–H and O–H groups in total. The third-order valence-electron chi connectivity index (χ3n) is 2.71. The van der Waals surface area contributed by atoms with Gasteiger partial charge >= 0.3 is 0 Å². The van der Waals surface area contributed by atoms with Crippen LogP contribution in [0.25, 0.3) is 0 Å². The van der Waals surface area contributed by atoms with Gasteiger partial charge in [-0.3, -0.25) is 9.36 Å². The minimum atomic E-state index is -4.21. The summed E-state index contributed by atoms with van der Waals surface area (Å²) >= 11 is 0. The Morgan fingerprint density at radius 1 is 1.43 bits per heavy atom. The van der Waals surface area contributed by atoms with E-state index in [1.165, 1.54) is 6.08 Å². The van der Waals surface area contributed by atoms with Crippen molar-refractivity contribution in [1.82, 2.24) is 5.32 Å². The van der Waals surface area contributed by atoms with Crippen molar-refractivity contribution in [3.63, 3.8) is 0 Å². The highest BCUT2D eigenvalue weighted by Crippen LogP contribution is 2.39. The Morgan fingerprint density at radius 3 is 2.57 bits per heavy atom. The van der Waals surface area contributed by atoms with Crippen LogP contribution in [0.4, 0.5) is 0 Å². The van der Waals surface area contributed by atoms with Gasteiger partial charge < -0.3 is 23.7 Å². The number of nitrogens with zero attached hydrogens (tertiary/aromatic N) is 1. The molecule has 0 rings (SSSR count). The summed E-state index contributed by atoms with van der Waals surface area (Å²) in [4.78, 5) is 22.4. The van der Waals surface area contributed by atoms with E-state index < -0.39 is 13.9 Å². The first-order valence-corrected chi connectivity index (χ1v) is 8.40. The van der Waals surface area contributed by atoms with Crippen LogP contribution in [0.3, 0.4) is 0 Å². The summed E-state index contributed by atoms with van der Waals surface area (Å²) in [6.45, 7) is 8.58. The van der Waals surface area contributed by atoms with Crippen LogP contribution in [0.15, 0.2) is 12.7 Å². The molecule has 0 saturated heterocycles. The van der Waals surface area contributed by atoms with Gasteiger partial charge in [-0.25, -0.2) is 0 Å². The molecule has 0 fully saturated rings. The average molecular weight is 322 g/mol. The van der Waals surface area contributed by atoms with Crippen molar-refractivity contribution in [3.05, 3.63) is 12.7 Å². The maximum atomic E-state index is 11.4. The number of carbonyl (C=O) groups is 1. The number of likely N-dealkylation sites (N-methyl/N-ethyl adjacent to an activating group) is 1. The minimum absolute atomic E-state index is 0.0690. The molecule has 21 heavy (non-hydrogen) atoms. The largest absolute Gasteiger partial charge is 0.756 e. The molecule has 0 radical (unpaired) electrons. The lowest BCUT2D eigenvalue weighted by Gasteiger charge is -2.31. The molecule has 0 heterocycles. The van der Waals surface area contributed by atoms with Crippen LogP contribution >= 0.6 is 7.82 Å². The van der Waals surface area contributed by atoms with E-state index in [-0.39, 0.29) is 12.5 Å². The molecule has 0 aliphatic heterocycles. The fraction of sp³-hybridized carbons (Fsp3) is 0.769. The molecule has 124 valence electrons. The zero-order chi connectivity index (χ0) is 16.5. The number of hydrogen-bond donors (Lipinski definition) is 1. The van der Waals surface area contributed by atoms with Gasteiger partial charge in [-0.2, -0.15) is 0 Å². The van der Waals surface area contributed by atoms with Crippen molar-refractivity contribution >= 4 is 13.7 Å². The molecule has 0 aliphatic carbocycles. The molecule has 0 aromatic heterocycles. The van der Waals surface area contributed by atoms with E-state index in [0.717, 1.165) is 13.0 Å². The number of amides is 1.